The van der Waals surface area contributed by atoms with Crippen molar-refractivity contribution >= 4 is 11.8 Å². The van der Waals surface area contributed by atoms with E-state index >= 15 is 0 Å². The van der Waals surface area contributed by atoms with Crippen molar-refractivity contribution in [3.63, 3.8) is 0 Å². The van der Waals surface area contributed by atoms with Crippen molar-refractivity contribution in [3.05, 3.63) is 34.6 Å². The Balaban J connectivity index is 2.50. The van der Waals surface area contributed by atoms with Crippen LogP contribution in [0.25, 0.3) is 0 Å². The molecule has 0 fully saturated rings. The van der Waals surface area contributed by atoms with E-state index in [1.807, 2.05) is 13.8 Å². The van der Waals surface area contributed by atoms with Crippen LogP contribution in [0.5, 0.6) is 0 Å². The summed E-state index contributed by atoms with van der Waals surface area (Å²) in [5, 5.41) is 10.2. The third-order valence-electron chi connectivity index (χ3n) is 3.03. The molecule has 1 heterocycles. The van der Waals surface area contributed by atoms with Gasteiger partial charge in [0.25, 0.3) is 0 Å². The van der Waals surface area contributed by atoms with Crippen molar-refractivity contribution in [1.29, 1.82) is 0 Å². The Morgan fingerprint density at radius 1 is 1.53 bits per heavy atom. The zero-order chi connectivity index (χ0) is 11.0. The van der Waals surface area contributed by atoms with Crippen LogP contribution in [-0.2, 0) is 5.75 Å². The van der Waals surface area contributed by atoms with Crippen molar-refractivity contribution in [2.75, 3.05) is 0 Å². The molecule has 0 spiro atoms. The van der Waals surface area contributed by atoms with Gasteiger partial charge in [0.15, 0.2) is 0 Å². The van der Waals surface area contributed by atoms with Gasteiger partial charge in [-0.25, -0.2) is 4.39 Å². The van der Waals surface area contributed by atoms with Crippen molar-refractivity contribution in [3.8, 4) is 0 Å². The Kier molecular flexibility index (Phi) is 3.03. The fourth-order valence-corrected chi connectivity index (χ4v) is 3.38. The molecular formula is C12H15FOS. The molecule has 0 saturated carbocycles. The summed E-state index contributed by atoms with van der Waals surface area (Å²) in [6, 6.07) is 3.24. The highest BCUT2D eigenvalue weighted by molar-refractivity contribution is 7.99. The summed E-state index contributed by atoms with van der Waals surface area (Å²) in [5.41, 5.74) is 2.59. The number of benzene rings is 1. The largest absolute Gasteiger partial charge is 0.387 e. The first-order chi connectivity index (χ1) is 7.15. The predicted molar refractivity (Wildman–Crippen MR) is 61.5 cm³/mol. The zero-order valence-electron chi connectivity index (χ0n) is 8.96. The number of aryl methyl sites for hydroxylation is 1. The summed E-state index contributed by atoms with van der Waals surface area (Å²) in [7, 11) is 0. The Labute approximate surface area is 93.7 Å². The van der Waals surface area contributed by atoms with E-state index in [1.54, 1.807) is 17.8 Å². The summed E-state index contributed by atoms with van der Waals surface area (Å²) in [5.74, 6) is 0.552. The molecule has 82 valence electrons. The predicted octanol–water partition coefficient (Wildman–Crippen LogP) is 3.19. The van der Waals surface area contributed by atoms with Crippen molar-refractivity contribution < 1.29 is 9.50 Å². The van der Waals surface area contributed by atoms with Crippen LogP contribution in [0.15, 0.2) is 12.1 Å². The zero-order valence-corrected chi connectivity index (χ0v) is 9.77. The molecule has 0 aliphatic carbocycles. The molecular weight excluding hydrogens is 211 g/mol. The SMILES string of the molecule is CCC1SCc2c(C)ccc(F)c2C1O. The van der Waals surface area contributed by atoms with Crippen LogP contribution in [0.4, 0.5) is 4.39 Å². The fourth-order valence-electron chi connectivity index (χ4n) is 2.06. The summed E-state index contributed by atoms with van der Waals surface area (Å²) in [6.07, 6.45) is 0.224. The number of rotatable bonds is 1. The van der Waals surface area contributed by atoms with Gasteiger partial charge in [-0.3, -0.25) is 0 Å². The highest BCUT2D eigenvalue weighted by atomic mass is 32.2. The second kappa shape index (κ2) is 4.14. The average Bonchev–Trinajstić information content (AvgIpc) is 2.23. The second-order valence-corrected chi connectivity index (χ2v) is 5.19. The third-order valence-corrected chi connectivity index (χ3v) is 4.50. The maximum absolute atomic E-state index is 13.6. The highest BCUT2D eigenvalue weighted by Crippen LogP contribution is 2.41. The lowest BCUT2D eigenvalue weighted by Gasteiger charge is -2.30. The summed E-state index contributed by atoms with van der Waals surface area (Å²) in [6.45, 7) is 4.00. The number of aliphatic hydroxyl groups is 1. The van der Waals surface area contributed by atoms with Gasteiger partial charge in [0.2, 0.25) is 0 Å². The number of halogens is 1. The minimum Gasteiger partial charge on any atom is -0.387 e. The van der Waals surface area contributed by atoms with Crippen LogP contribution >= 0.6 is 11.8 Å². The monoisotopic (exact) mass is 226 g/mol. The van der Waals surface area contributed by atoms with E-state index in [1.165, 1.54) is 6.07 Å². The number of hydrogen-bond donors (Lipinski definition) is 1. The van der Waals surface area contributed by atoms with Crippen molar-refractivity contribution in [2.24, 2.45) is 0 Å². The molecule has 15 heavy (non-hydrogen) atoms. The molecule has 0 saturated heterocycles. The van der Waals surface area contributed by atoms with Gasteiger partial charge in [0, 0.05) is 16.6 Å². The van der Waals surface area contributed by atoms with Gasteiger partial charge in [-0.15, -0.1) is 0 Å². The molecule has 2 unspecified atom stereocenters. The quantitative estimate of drug-likeness (QED) is 0.793. The molecule has 0 radical (unpaired) electrons. The fraction of sp³-hybridized carbons (Fsp3) is 0.500. The van der Waals surface area contributed by atoms with E-state index in [2.05, 4.69) is 0 Å². The van der Waals surface area contributed by atoms with E-state index in [9.17, 15) is 9.50 Å². The topological polar surface area (TPSA) is 20.2 Å². The molecule has 2 atom stereocenters. The molecule has 2 rings (SSSR count). The number of thioether (sulfide) groups is 1. The van der Waals surface area contributed by atoms with Crippen molar-refractivity contribution in [1.82, 2.24) is 0 Å². The molecule has 3 heteroatoms. The Morgan fingerprint density at radius 3 is 2.93 bits per heavy atom. The third kappa shape index (κ3) is 1.79. The number of fused-ring (bicyclic) bond motifs is 1. The van der Waals surface area contributed by atoms with Crippen LogP contribution in [0.2, 0.25) is 0 Å². The molecule has 1 aliphatic heterocycles. The van der Waals surface area contributed by atoms with E-state index < -0.39 is 6.10 Å². The maximum Gasteiger partial charge on any atom is 0.129 e. The van der Waals surface area contributed by atoms with Crippen LogP contribution in [-0.4, -0.2) is 10.4 Å². The molecule has 1 aliphatic rings. The first-order valence-corrected chi connectivity index (χ1v) is 6.27. The Bertz CT molecular complexity index is 378. The van der Waals surface area contributed by atoms with Gasteiger partial charge in [-0.05, 0) is 30.5 Å². The lowest BCUT2D eigenvalue weighted by molar-refractivity contribution is 0.165. The first-order valence-electron chi connectivity index (χ1n) is 5.22. The smallest absolute Gasteiger partial charge is 0.129 e. The Morgan fingerprint density at radius 2 is 2.27 bits per heavy atom. The number of hydrogen-bond acceptors (Lipinski definition) is 2. The van der Waals surface area contributed by atoms with Crippen LogP contribution in [0.1, 0.15) is 36.1 Å². The normalized spacial score (nSPS) is 25.1. The Hall–Kier alpha value is -0.540. The average molecular weight is 226 g/mol. The first kappa shape index (κ1) is 11.0. The molecule has 1 nitrogen and oxygen atoms in total. The van der Waals surface area contributed by atoms with Gasteiger partial charge in [-0.1, -0.05) is 13.0 Å². The van der Waals surface area contributed by atoms with E-state index in [0.29, 0.717) is 5.56 Å². The maximum atomic E-state index is 13.6. The number of aliphatic hydroxyl groups excluding tert-OH is 1. The summed E-state index contributed by atoms with van der Waals surface area (Å²) >= 11 is 1.72. The minimum absolute atomic E-state index is 0.133. The van der Waals surface area contributed by atoms with Crippen LogP contribution in [0, 0.1) is 12.7 Å². The van der Waals surface area contributed by atoms with Gasteiger partial charge < -0.3 is 5.11 Å². The standard InChI is InChI=1S/C12H15FOS/c1-3-10-12(14)11-8(6-15-10)7(2)4-5-9(11)13/h4-5,10,12,14H,3,6H2,1-2H3. The lowest BCUT2D eigenvalue weighted by atomic mass is 9.95. The highest BCUT2D eigenvalue weighted by Gasteiger charge is 2.30. The van der Waals surface area contributed by atoms with Crippen LogP contribution < -0.4 is 0 Å². The van der Waals surface area contributed by atoms with E-state index in [-0.39, 0.29) is 11.1 Å². The second-order valence-electron chi connectivity index (χ2n) is 3.96. The van der Waals surface area contributed by atoms with E-state index in [4.69, 9.17) is 0 Å². The summed E-state index contributed by atoms with van der Waals surface area (Å²) in [4.78, 5) is 0. The molecule has 1 aromatic carbocycles. The molecule has 1 N–H and O–H groups in total. The van der Waals surface area contributed by atoms with Gasteiger partial charge in [0.05, 0.1) is 6.10 Å². The van der Waals surface area contributed by atoms with Crippen molar-refractivity contribution in [2.45, 2.75) is 37.4 Å². The molecule has 0 amide bonds. The molecule has 0 aromatic heterocycles. The van der Waals surface area contributed by atoms with Crippen LogP contribution in [0.3, 0.4) is 0 Å². The van der Waals surface area contributed by atoms with Gasteiger partial charge in [0.1, 0.15) is 5.82 Å². The summed E-state index contributed by atoms with van der Waals surface area (Å²) < 4.78 is 13.6. The molecule has 1 aromatic rings. The van der Waals surface area contributed by atoms with Gasteiger partial charge >= 0.3 is 0 Å². The van der Waals surface area contributed by atoms with E-state index in [0.717, 1.165) is 23.3 Å². The minimum atomic E-state index is -0.649. The van der Waals surface area contributed by atoms with Gasteiger partial charge in [-0.2, -0.15) is 11.8 Å². The lowest BCUT2D eigenvalue weighted by Crippen LogP contribution is -2.22. The molecule has 0 bridgehead atoms.